The van der Waals surface area contributed by atoms with Crippen LogP contribution in [0.25, 0.3) is 11.5 Å². The number of hydrogen-bond donors (Lipinski definition) is 0. The van der Waals surface area contributed by atoms with Crippen LogP contribution in [0.3, 0.4) is 0 Å². The van der Waals surface area contributed by atoms with Crippen molar-refractivity contribution in [3.63, 3.8) is 0 Å². The summed E-state index contributed by atoms with van der Waals surface area (Å²) in [6.07, 6.45) is 3.45. The SMILES string of the molecule is O=C1N(Cc2ccccn2)CCC12CCN(c1noc(-c3ccccc3)n1)C2. The van der Waals surface area contributed by atoms with Gasteiger partial charge in [0.15, 0.2) is 0 Å². The van der Waals surface area contributed by atoms with Gasteiger partial charge in [-0.05, 0) is 42.3 Å². The minimum absolute atomic E-state index is 0.215. The summed E-state index contributed by atoms with van der Waals surface area (Å²) in [5, 5.41) is 4.15. The number of amides is 1. The lowest BCUT2D eigenvalue weighted by Crippen LogP contribution is -2.37. The third kappa shape index (κ3) is 2.93. The third-order valence-electron chi connectivity index (χ3n) is 5.75. The summed E-state index contributed by atoms with van der Waals surface area (Å²) >= 11 is 0. The monoisotopic (exact) mass is 375 g/mol. The predicted molar refractivity (Wildman–Crippen MR) is 103 cm³/mol. The molecule has 1 spiro atoms. The molecule has 1 amide bonds. The molecule has 2 aromatic heterocycles. The van der Waals surface area contributed by atoms with Crippen molar-refractivity contribution in [2.75, 3.05) is 24.5 Å². The first-order valence-corrected chi connectivity index (χ1v) is 9.57. The first-order chi connectivity index (χ1) is 13.7. The Kier molecular flexibility index (Phi) is 4.07. The molecule has 0 bridgehead atoms. The van der Waals surface area contributed by atoms with Crippen LogP contribution in [0.1, 0.15) is 18.5 Å². The lowest BCUT2D eigenvalue weighted by Gasteiger charge is -2.23. The molecule has 142 valence electrons. The number of aromatic nitrogens is 3. The van der Waals surface area contributed by atoms with E-state index in [0.29, 0.717) is 24.9 Å². The first kappa shape index (κ1) is 16.9. The Morgan fingerprint density at radius 1 is 1.04 bits per heavy atom. The number of nitrogens with zero attached hydrogens (tertiary/aromatic N) is 5. The normalized spacial score (nSPS) is 21.8. The summed E-state index contributed by atoms with van der Waals surface area (Å²) in [6.45, 7) is 2.74. The molecular weight excluding hydrogens is 354 g/mol. The molecular formula is C21H21N5O2. The van der Waals surface area contributed by atoms with Gasteiger partial charge in [0.25, 0.3) is 11.8 Å². The number of hydrogen-bond acceptors (Lipinski definition) is 6. The van der Waals surface area contributed by atoms with Gasteiger partial charge in [-0.1, -0.05) is 24.3 Å². The molecule has 7 heteroatoms. The van der Waals surface area contributed by atoms with Crippen molar-refractivity contribution in [3.05, 3.63) is 60.4 Å². The highest BCUT2D eigenvalue weighted by Crippen LogP contribution is 2.42. The predicted octanol–water partition coefficient (Wildman–Crippen LogP) is 2.76. The van der Waals surface area contributed by atoms with E-state index in [1.54, 1.807) is 6.20 Å². The molecule has 2 fully saturated rings. The molecule has 4 heterocycles. The minimum Gasteiger partial charge on any atom is -0.337 e. The number of benzene rings is 1. The zero-order valence-electron chi connectivity index (χ0n) is 15.5. The van der Waals surface area contributed by atoms with Gasteiger partial charge in [-0.3, -0.25) is 9.78 Å². The largest absolute Gasteiger partial charge is 0.337 e. The second-order valence-electron chi connectivity index (χ2n) is 7.52. The molecule has 1 unspecified atom stereocenters. The van der Waals surface area contributed by atoms with Gasteiger partial charge in [-0.2, -0.15) is 4.98 Å². The van der Waals surface area contributed by atoms with E-state index in [-0.39, 0.29) is 11.3 Å². The van der Waals surface area contributed by atoms with Gasteiger partial charge < -0.3 is 14.3 Å². The van der Waals surface area contributed by atoms with Crippen molar-refractivity contribution in [2.24, 2.45) is 5.41 Å². The Hall–Kier alpha value is -3.22. The van der Waals surface area contributed by atoms with Crippen LogP contribution in [0.4, 0.5) is 5.95 Å². The standard InChI is InChI=1S/C21H21N5O2/c27-19-21(9-12-25(19)14-17-8-4-5-11-22-17)10-13-26(15-21)20-23-18(28-24-20)16-6-2-1-3-7-16/h1-8,11H,9-10,12-15H2. The number of carbonyl (C=O) groups is 1. The van der Waals surface area contributed by atoms with Crippen molar-refractivity contribution >= 4 is 11.9 Å². The summed E-state index contributed by atoms with van der Waals surface area (Å²) in [7, 11) is 0. The summed E-state index contributed by atoms with van der Waals surface area (Å²) < 4.78 is 5.43. The maximum Gasteiger partial charge on any atom is 0.266 e. The number of carbonyl (C=O) groups excluding carboxylic acids is 1. The zero-order valence-corrected chi connectivity index (χ0v) is 15.5. The van der Waals surface area contributed by atoms with E-state index in [1.165, 1.54) is 0 Å². The summed E-state index contributed by atoms with van der Waals surface area (Å²) in [5.74, 6) is 1.28. The summed E-state index contributed by atoms with van der Waals surface area (Å²) in [4.78, 5) is 26.0. The van der Waals surface area contributed by atoms with Gasteiger partial charge in [0, 0.05) is 31.4 Å². The highest BCUT2D eigenvalue weighted by atomic mass is 16.5. The molecule has 0 aliphatic carbocycles. The third-order valence-corrected chi connectivity index (χ3v) is 5.75. The Morgan fingerprint density at radius 2 is 1.86 bits per heavy atom. The molecule has 0 radical (unpaired) electrons. The molecule has 5 rings (SSSR count). The molecule has 1 aromatic carbocycles. The first-order valence-electron chi connectivity index (χ1n) is 9.57. The number of anilines is 1. The van der Waals surface area contributed by atoms with Gasteiger partial charge >= 0.3 is 0 Å². The lowest BCUT2D eigenvalue weighted by atomic mass is 9.85. The van der Waals surface area contributed by atoms with Crippen molar-refractivity contribution in [1.29, 1.82) is 0 Å². The Bertz CT molecular complexity index is 975. The minimum atomic E-state index is -0.345. The molecule has 3 aromatic rings. The van der Waals surface area contributed by atoms with Crippen LogP contribution in [0, 0.1) is 5.41 Å². The van der Waals surface area contributed by atoms with Crippen LogP contribution < -0.4 is 4.90 Å². The fraction of sp³-hybridized carbons (Fsp3) is 0.333. The smallest absolute Gasteiger partial charge is 0.266 e. The molecule has 2 aliphatic heterocycles. The summed E-state index contributed by atoms with van der Waals surface area (Å²) in [6, 6.07) is 15.5. The van der Waals surface area contributed by atoms with E-state index in [2.05, 4.69) is 20.0 Å². The quantitative estimate of drug-likeness (QED) is 0.698. The van der Waals surface area contributed by atoms with Gasteiger partial charge in [-0.15, -0.1) is 0 Å². The van der Waals surface area contributed by atoms with Crippen molar-refractivity contribution < 1.29 is 9.32 Å². The summed E-state index contributed by atoms with van der Waals surface area (Å²) in [5.41, 5.74) is 1.48. The highest BCUT2D eigenvalue weighted by molar-refractivity contribution is 5.86. The van der Waals surface area contributed by atoms with E-state index in [0.717, 1.165) is 37.2 Å². The second kappa shape index (κ2) is 6.74. The zero-order chi connectivity index (χ0) is 19.0. The molecule has 2 saturated heterocycles. The maximum absolute atomic E-state index is 13.1. The van der Waals surface area contributed by atoms with Crippen LogP contribution in [-0.4, -0.2) is 45.6 Å². The van der Waals surface area contributed by atoms with E-state index in [9.17, 15) is 4.79 Å². The van der Waals surface area contributed by atoms with Crippen LogP contribution >= 0.6 is 0 Å². The molecule has 28 heavy (non-hydrogen) atoms. The molecule has 7 nitrogen and oxygen atoms in total. The van der Waals surface area contributed by atoms with Crippen LogP contribution in [0.2, 0.25) is 0 Å². The van der Waals surface area contributed by atoms with Crippen LogP contribution in [0.15, 0.2) is 59.3 Å². The molecule has 0 saturated carbocycles. The van der Waals surface area contributed by atoms with Crippen molar-refractivity contribution in [3.8, 4) is 11.5 Å². The average molecular weight is 375 g/mol. The van der Waals surface area contributed by atoms with E-state index < -0.39 is 0 Å². The number of pyridine rings is 1. The van der Waals surface area contributed by atoms with Crippen LogP contribution in [0.5, 0.6) is 0 Å². The molecule has 1 atom stereocenters. The highest BCUT2D eigenvalue weighted by Gasteiger charge is 2.51. The molecule has 0 N–H and O–H groups in total. The van der Waals surface area contributed by atoms with E-state index >= 15 is 0 Å². The van der Waals surface area contributed by atoms with Crippen LogP contribution in [-0.2, 0) is 11.3 Å². The van der Waals surface area contributed by atoms with Gasteiger partial charge in [0.1, 0.15) is 0 Å². The Morgan fingerprint density at radius 3 is 2.68 bits per heavy atom. The molecule has 2 aliphatic rings. The maximum atomic E-state index is 13.1. The van der Waals surface area contributed by atoms with Gasteiger partial charge in [-0.25, -0.2) is 0 Å². The topological polar surface area (TPSA) is 75.4 Å². The van der Waals surface area contributed by atoms with Gasteiger partial charge in [0.05, 0.1) is 17.7 Å². The lowest BCUT2D eigenvalue weighted by molar-refractivity contribution is -0.135. The Labute approximate surface area is 163 Å². The van der Waals surface area contributed by atoms with E-state index in [1.807, 2.05) is 53.4 Å². The van der Waals surface area contributed by atoms with E-state index in [4.69, 9.17) is 4.52 Å². The fourth-order valence-corrected chi connectivity index (χ4v) is 4.19. The van der Waals surface area contributed by atoms with Gasteiger partial charge in [0.2, 0.25) is 5.91 Å². The number of likely N-dealkylation sites (tertiary alicyclic amines) is 1. The average Bonchev–Trinajstić information content (AvgIpc) is 3.46. The number of rotatable bonds is 4. The van der Waals surface area contributed by atoms with Crippen molar-refractivity contribution in [2.45, 2.75) is 19.4 Å². The van der Waals surface area contributed by atoms with Crippen molar-refractivity contribution in [1.82, 2.24) is 20.0 Å². The fourth-order valence-electron chi connectivity index (χ4n) is 4.19. The second-order valence-corrected chi connectivity index (χ2v) is 7.52. The Balaban J connectivity index is 1.29.